The minimum absolute atomic E-state index is 1.06. The number of thiazole rings is 1. The van der Waals surface area contributed by atoms with Gasteiger partial charge in [-0.25, -0.2) is 4.98 Å². The first-order chi connectivity index (χ1) is 10.3. The standard InChI is InChI=1S/C18H13NS2/c1-12-10-11-20-15(12)8-9-17-19-18-14-5-3-2-4-13(14)6-7-16(18)21-17/h2-11H,1H3/b9-8+. The van der Waals surface area contributed by atoms with Gasteiger partial charge in [0.25, 0.3) is 0 Å². The molecule has 0 fully saturated rings. The molecule has 0 aliphatic heterocycles. The third kappa shape index (κ3) is 2.28. The molecule has 0 saturated heterocycles. The molecule has 0 amide bonds. The molecular formula is C18H13NS2. The molecule has 0 N–H and O–H groups in total. The van der Waals surface area contributed by atoms with Gasteiger partial charge in [-0.2, -0.15) is 0 Å². The Morgan fingerprint density at radius 3 is 2.76 bits per heavy atom. The van der Waals surface area contributed by atoms with E-state index >= 15 is 0 Å². The van der Waals surface area contributed by atoms with Gasteiger partial charge in [-0.15, -0.1) is 22.7 Å². The molecule has 4 rings (SSSR count). The van der Waals surface area contributed by atoms with Crippen LogP contribution in [0.1, 0.15) is 15.4 Å². The molecule has 2 heterocycles. The Bertz CT molecular complexity index is 960. The molecule has 1 nitrogen and oxygen atoms in total. The lowest BCUT2D eigenvalue weighted by Crippen LogP contribution is -1.75. The molecule has 3 heteroatoms. The van der Waals surface area contributed by atoms with Crippen molar-refractivity contribution in [1.29, 1.82) is 0 Å². The number of hydrogen-bond acceptors (Lipinski definition) is 3. The van der Waals surface area contributed by atoms with Crippen LogP contribution < -0.4 is 0 Å². The lowest BCUT2D eigenvalue weighted by atomic mass is 10.1. The number of nitrogens with zero attached hydrogens (tertiary/aromatic N) is 1. The predicted molar refractivity (Wildman–Crippen MR) is 95.1 cm³/mol. The third-order valence-corrected chi connectivity index (χ3v) is 5.55. The van der Waals surface area contributed by atoms with Crippen molar-refractivity contribution in [3.63, 3.8) is 0 Å². The SMILES string of the molecule is Cc1ccsc1/C=C/c1nc2c(ccc3ccccc32)s1. The summed E-state index contributed by atoms with van der Waals surface area (Å²) in [6.45, 7) is 2.14. The van der Waals surface area contributed by atoms with Crippen molar-refractivity contribution in [2.45, 2.75) is 6.92 Å². The van der Waals surface area contributed by atoms with Crippen molar-refractivity contribution in [2.75, 3.05) is 0 Å². The van der Waals surface area contributed by atoms with Gasteiger partial charge in [-0.3, -0.25) is 0 Å². The molecule has 2 aromatic heterocycles. The topological polar surface area (TPSA) is 12.9 Å². The van der Waals surface area contributed by atoms with Gasteiger partial charge in [0.15, 0.2) is 0 Å². The average molecular weight is 307 g/mol. The van der Waals surface area contributed by atoms with E-state index in [9.17, 15) is 0 Å². The molecule has 0 spiro atoms. The van der Waals surface area contributed by atoms with Gasteiger partial charge in [-0.1, -0.05) is 30.3 Å². The predicted octanol–water partition coefficient (Wildman–Crippen LogP) is 5.99. The summed E-state index contributed by atoms with van der Waals surface area (Å²) in [4.78, 5) is 6.11. The van der Waals surface area contributed by atoms with Crippen molar-refractivity contribution >= 4 is 55.8 Å². The van der Waals surface area contributed by atoms with Gasteiger partial charge >= 0.3 is 0 Å². The van der Waals surface area contributed by atoms with Crippen LogP contribution in [0.5, 0.6) is 0 Å². The fraction of sp³-hybridized carbons (Fsp3) is 0.0556. The summed E-state index contributed by atoms with van der Waals surface area (Å²) in [5.41, 5.74) is 2.43. The van der Waals surface area contributed by atoms with Gasteiger partial charge in [0.05, 0.1) is 10.2 Å². The summed E-state index contributed by atoms with van der Waals surface area (Å²) in [6.07, 6.45) is 4.29. The number of rotatable bonds is 2. The normalized spacial score (nSPS) is 11.9. The van der Waals surface area contributed by atoms with Crippen molar-refractivity contribution in [1.82, 2.24) is 4.98 Å². The number of hydrogen-bond donors (Lipinski definition) is 0. The molecule has 21 heavy (non-hydrogen) atoms. The smallest absolute Gasteiger partial charge is 0.117 e. The van der Waals surface area contributed by atoms with Gasteiger partial charge in [0.2, 0.25) is 0 Å². The zero-order valence-corrected chi connectivity index (χ0v) is 13.2. The van der Waals surface area contributed by atoms with Crippen LogP contribution in [0.4, 0.5) is 0 Å². The molecule has 102 valence electrons. The first kappa shape index (κ1) is 12.7. The first-order valence-electron chi connectivity index (χ1n) is 6.82. The number of aryl methyl sites for hydroxylation is 1. The summed E-state index contributed by atoms with van der Waals surface area (Å²) >= 11 is 3.51. The average Bonchev–Trinajstić information content (AvgIpc) is 3.11. The van der Waals surface area contributed by atoms with Crippen molar-refractivity contribution in [3.05, 3.63) is 63.3 Å². The van der Waals surface area contributed by atoms with Crippen LogP contribution in [0, 0.1) is 6.92 Å². The van der Waals surface area contributed by atoms with E-state index < -0.39 is 0 Å². The van der Waals surface area contributed by atoms with E-state index in [1.807, 2.05) is 0 Å². The van der Waals surface area contributed by atoms with E-state index in [1.54, 1.807) is 22.7 Å². The zero-order valence-electron chi connectivity index (χ0n) is 11.5. The third-order valence-electron chi connectivity index (χ3n) is 3.58. The molecule has 0 aliphatic carbocycles. The maximum atomic E-state index is 4.81. The van der Waals surface area contributed by atoms with Gasteiger partial charge in [0, 0.05) is 10.3 Å². The van der Waals surface area contributed by atoms with E-state index in [-0.39, 0.29) is 0 Å². The van der Waals surface area contributed by atoms with Crippen LogP contribution in [-0.2, 0) is 0 Å². The molecule has 0 atom stereocenters. The summed E-state index contributed by atoms with van der Waals surface area (Å²) in [7, 11) is 0. The van der Waals surface area contributed by atoms with E-state index in [2.05, 4.69) is 66.9 Å². The van der Waals surface area contributed by atoms with Crippen LogP contribution in [0.25, 0.3) is 33.1 Å². The Hall–Kier alpha value is -1.97. The maximum Gasteiger partial charge on any atom is 0.117 e. The molecular weight excluding hydrogens is 294 g/mol. The van der Waals surface area contributed by atoms with Crippen LogP contribution in [0.15, 0.2) is 47.8 Å². The Labute approximate surface area is 131 Å². The second kappa shape index (κ2) is 5.10. The maximum absolute atomic E-state index is 4.81. The van der Waals surface area contributed by atoms with Gasteiger partial charge < -0.3 is 0 Å². The van der Waals surface area contributed by atoms with E-state index in [0.717, 1.165) is 10.5 Å². The summed E-state index contributed by atoms with van der Waals surface area (Å²) in [5.74, 6) is 0. The number of fused-ring (bicyclic) bond motifs is 3. The highest BCUT2D eigenvalue weighted by molar-refractivity contribution is 7.19. The minimum atomic E-state index is 1.06. The number of aromatic nitrogens is 1. The first-order valence-corrected chi connectivity index (χ1v) is 8.51. The Kier molecular flexibility index (Phi) is 3.09. The Morgan fingerprint density at radius 1 is 1.00 bits per heavy atom. The Morgan fingerprint density at radius 2 is 1.90 bits per heavy atom. The Balaban J connectivity index is 1.82. The lowest BCUT2D eigenvalue weighted by molar-refractivity contribution is 1.48. The van der Waals surface area contributed by atoms with Crippen molar-refractivity contribution in [3.8, 4) is 0 Å². The second-order valence-electron chi connectivity index (χ2n) is 4.99. The molecule has 4 aromatic rings. The lowest BCUT2D eigenvalue weighted by Gasteiger charge is -1.96. The van der Waals surface area contributed by atoms with Crippen molar-refractivity contribution in [2.24, 2.45) is 0 Å². The zero-order chi connectivity index (χ0) is 14.2. The summed E-state index contributed by atoms with van der Waals surface area (Å²) in [5, 5.41) is 5.67. The largest absolute Gasteiger partial charge is 0.236 e. The van der Waals surface area contributed by atoms with E-state index in [1.165, 1.54) is 25.9 Å². The van der Waals surface area contributed by atoms with Crippen molar-refractivity contribution < 1.29 is 0 Å². The minimum Gasteiger partial charge on any atom is -0.236 e. The van der Waals surface area contributed by atoms with E-state index in [0.29, 0.717) is 0 Å². The summed E-state index contributed by atoms with van der Waals surface area (Å²) in [6, 6.07) is 14.9. The number of benzene rings is 2. The van der Waals surface area contributed by atoms with Crippen LogP contribution in [0.3, 0.4) is 0 Å². The monoisotopic (exact) mass is 307 g/mol. The molecule has 0 unspecified atom stereocenters. The molecule has 0 saturated carbocycles. The molecule has 0 bridgehead atoms. The van der Waals surface area contributed by atoms with Gasteiger partial charge in [-0.05, 0) is 47.5 Å². The molecule has 0 aliphatic rings. The highest BCUT2D eigenvalue weighted by atomic mass is 32.1. The van der Waals surface area contributed by atoms with Gasteiger partial charge in [0.1, 0.15) is 5.01 Å². The highest BCUT2D eigenvalue weighted by Gasteiger charge is 2.05. The molecule has 2 aromatic carbocycles. The van der Waals surface area contributed by atoms with Crippen LogP contribution >= 0.6 is 22.7 Å². The highest BCUT2D eigenvalue weighted by Crippen LogP contribution is 2.30. The molecule has 0 radical (unpaired) electrons. The summed E-state index contributed by atoms with van der Waals surface area (Å²) < 4.78 is 1.25. The van der Waals surface area contributed by atoms with Crippen LogP contribution in [-0.4, -0.2) is 4.98 Å². The fourth-order valence-corrected chi connectivity index (χ4v) is 4.16. The fourth-order valence-electron chi connectivity index (χ4n) is 2.45. The second-order valence-corrected chi connectivity index (χ2v) is 7.00. The number of thiophene rings is 1. The van der Waals surface area contributed by atoms with Crippen LogP contribution in [0.2, 0.25) is 0 Å². The van der Waals surface area contributed by atoms with E-state index in [4.69, 9.17) is 4.98 Å². The quantitative estimate of drug-likeness (QED) is 0.443.